The van der Waals surface area contributed by atoms with Crippen LogP contribution in [-0.4, -0.2) is 25.8 Å². The average molecular weight is 149 g/mol. The van der Waals surface area contributed by atoms with Crippen molar-refractivity contribution < 1.29 is 8.23 Å². The molecule has 0 aromatic rings. The summed E-state index contributed by atoms with van der Waals surface area (Å²) in [4.78, 5) is 0. The van der Waals surface area contributed by atoms with Crippen molar-refractivity contribution >= 4 is 19.3 Å². The molecule has 0 aromatic heterocycles. The van der Waals surface area contributed by atoms with E-state index in [0.29, 0.717) is 0 Å². The maximum Gasteiger partial charge on any atom is 0.303 e. The summed E-state index contributed by atoms with van der Waals surface area (Å²) in [7, 11) is -1.49. The molecular formula is C3H11NO2Si2. The van der Waals surface area contributed by atoms with Crippen LogP contribution in [0, 0.1) is 0 Å². The molecule has 1 aliphatic heterocycles. The summed E-state index contributed by atoms with van der Waals surface area (Å²) in [6, 6.07) is 1.11. The van der Waals surface area contributed by atoms with Gasteiger partial charge in [-0.3, -0.25) is 0 Å². The summed E-state index contributed by atoms with van der Waals surface area (Å²) < 4.78 is 10.5. The maximum absolute atomic E-state index is 5.28. The number of nitrogens with two attached hydrogens (primary N) is 1. The Morgan fingerprint density at radius 2 is 2.25 bits per heavy atom. The first-order valence-corrected chi connectivity index (χ1v) is 5.78. The summed E-state index contributed by atoms with van der Waals surface area (Å²) in [6.45, 7) is 0.776. The third kappa shape index (κ3) is 1.68. The highest BCUT2D eigenvalue weighted by atomic mass is 28.4. The van der Waals surface area contributed by atoms with Crippen molar-refractivity contribution in [3.05, 3.63) is 0 Å². The van der Waals surface area contributed by atoms with Gasteiger partial charge in [-0.2, -0.15) is 0 Å². The third-order valence-corrected chi connectivity index (χ3v) is 6.09. The van der Waals surface area contributed by atoms with Crippen LogP contribution < -0.4 is 5.73 Å². The van der Waals surface area contributed by atoms with Crippen molar-refractivity contribution in [2.24, 2.45) is 5.73 Å². The predicted octanol–water partition coefficient (Wildman–Crippen LogP) is -1.40. The van der Waals surface area contributed by atoms with Gasteiger partial charge in [0.05, 0.1) is 0 Å². The fourth-order valence-corrected chi connectivity index (χ4v) is 3.83. The van der Waals surface area contributed by atoms with E-state index in [1.807, 2.05) is 0 Å². The van der Waals surface area contributed by atoms with Gasteiger partial charge in [0.2, 0.25) is 0 Å². The minimum Gasteiger partial charge on any atom is -0.422 e. The van der Waals surface area contributed by atoms with Crippen LogP contribution in [-0.2, 0) is 8.23 Å². The van der Waals surface area contributed by atoms with Crippen molar-refractivity contribution in [3.8, 4) is 0 Å². The Kier molecular flexibility index (Phi) is 2.70. The van der Waals surface area contributed by atoms with Gasteiger partial charge in [-0.25, -0.2) is 0 Å². The standard InChI is InChI=1S/C3H11NO2Si2/c4-2-1-3-8-5-7-6-8/h8H,1-4,7H2. The zero-order chi connectivity index (χ0) is 5.82. The molecule has 2 N–H and O–H groups in total. The van der Waals surface area contributed by atoms with Gasteiger partial charge in [0.25, 0.3) is 10.0 Å². The lowest BCUT2D eigenvalue weighted by atomic mass is 10.5. The molecule has 0 aliphatic carbocycles. The molecule has 8 heavy (non-hydrogen) atoms. The fraction of sp³-hybridized carbons (Fsp3) is 1.00. The Labute approximate surface area is 53.1 Å². The van der Waals surface area contributed by atoms with Gasteiger partial charge < -0.3 is 14.0 Å². The molecule has 0 saturated carbocycles. The maximum atomic E-state index is 5.28. The van der Waals surface area contributed by atoms with E-state index < -0.39 is 19.3 Å². The third-order valence-electron chi connectivity index (χ3n) is 1.15. The first-order valence-electron chi connectivity index (χ1n) is 2.87. The molecule has 1 fully saturated rings. The predicted molar refractivity (Wildman–Crippen MR) is 36.3 cm³/mol. The zero-order valence-electron chi connectivity index (χ0n) is 4.80. The molecule has 0 spiro atoms. The summed E-state index contributed by atoms with van der Waals surface area (Å²) in [5.41, 5.74) is 5.28. The number of hydrogen-bond donors (Lipinski definition) is 1. The molecule has 0 amide bonds. The highest BCUT2D eigenvalue weighted by Crippen LogP contribution is 2.06. The van der Waals surface area contributed by atoms with Crippen LogP contribution in [0.3, 0.4) is 0 Å². The smallest absolute Gasteiger partial charge is 0.303 e. The number of hydrogen-bond acceptors (Lipinski definition) is 3. The number of rotatable bonds is 3. The van der Waals surface area contributed by atoms with Gasteiger partial charge in [-0.05, 0) is 19.0 Å². The molecule has 48 valence electrons. The Balaban J connectivity index is 1.86. The second-order valence-electron chi connectivity index (χ2n) is 1.81. The van der Waals surface area contributed by atoms with E-state index in [-0.39, 0.29) is 0 Å². The summed E-state index contributed by atoms with van der Waals surface area (Å²) >= 11 is 0. The molecule has 1 aliphatic rings. The summed E-state index contributed by atoms with van der Waals surface area (Å²) in [6.07, 6.45) is 1.07. The van der Waals surface area contributed by atoms with Gasteiger partial charge in [-0.15, -0.1) is 0 Å². The van der Waals surface area contributed by atoms with E-state index in [9.17, 15) is 0 Å². The molecule has 0 radical (unpaired) electrons. The quantitative estimate of drug-likeness (QED) is 0.502. The minimum atomic E-state index is -1.04. The van der Waals surface area contributed by atoms with Crippen LogP contribution >= 0.6 is 0 Å². The Hall–Kier alpha value is 0.314. The SMILES string of the molecule is NCCC[SiH]1O[SiH2]O1. The van der Waals surface area contributed by atoms with Crippen LogP contribution in [0.25, 0.3) is 0 Å². The van der Waals surface area contributed by atoms with E-state index in [1.165, 1.54) is 0 Å². The van der Waals surface area contributed by atoms with Crippen LogP contribution in [0.2, 0.25) is 6.04 Å². The van der Waals surface area contributed by atoms with Crippen LogP contribution in [0.4, 0.5) is 0 Å². The topological polar surface area (TPSA) is 44.5 Å². The van der Waals surface area contributed by atoms with E-state index in [1.54, 1.807) is 0 Å². The Morgan fingerprint density at radius 3 is 2.62 bits per heavy atom. The molecule has 0 bridgehead atoms. The average Bonchev–Trinajstić information content (AvgIpc) is 1.63. The monoisotopic (exact) mass is 149 g/mol. The van der Waals surface area contributed by atoms with Crippen LogP contribution in [0.5, 0.6) is 0 Å². The zero-order valence-corrected chi connectivity index (χ0v) is 7.37. The molecule has 0 atom stereocenters. The highest BCUT2D eigenvalue weighted by molar-refractivity contribution is 6.64. The van der Waals surface area contributed by atoms with E-state index in [2.05, 4.69) is 0 Å². The van der Waals surface area contributed by atoms with Crippen molar-refractivity contribution in [2.75, 3.05) is 6.54 Å². The Morgan fingerprint density at radius 1 is 1.50 bits per heavy atom. The van der Waals surface area contributed by atoms with E-state index >= 15 is 0 Å². The van der Waals surface area contributed by atoms with E-state index in [0.717, 1.165) is 19.0 Å². The normalized spacial score (nSPS) is 30.4. The van der Waals surface area contributed by atoms with Gasteiger partial charge in [0.15, 0.2) is 0 Å². The van der Waals surface area contributed by atoms with Gasteiger partial charge in [0.1, 0.15) is 0 Å². The molecule has 3 nitrogen and oxygen atoms in total. The second kappa shape index (κ2) is 3.36. The molecule has 5 heteroatoms. The minimum absolute atomic E-state index is 0.450. The van der Waals surface area contributed by atoms with Crippen molar-refractivity contribution in [2.45, 2.75) is 12.5 Å². The van der Waals surface area contributed by atoms with Crippen molar-refractivity contribution in [1.82, 2.24) is 0 Å². The molecule has 0 unspecified atom stereocenters. The lowest BCUT2D eigenvalue weighted by Gasteiger charge is -2.25. The van der Waals surface area contributed by atoms with Gasteiger partial charge in [0, 0.05) is 0 Å². The molecule has 1 heterocycles. The molecular weight excluding hydrogens is 138 g/mol. The van der Waals surface area contributed by atoms with Crippen molar-refractivity contribution in [1.29, 1.82) is 0 Å². The fourth-order valence-electron chi connectivity index (χ4n) is 0.615. The van der Waals surface area contributed by atoms with Crippen molar-refractivity contribution in [3.63, 3.8) is 0 Å². The van der Waals surface area contributed by atoms with Gasteiger partial charge in [-0.1, -0.05) is 0 Å². The van der Waals surface area contributed by atoms with Gasteiger partial charge >= 0.3 is 9.28 Å². The second-order valence-corrected chi connectivity index (χ2v) is 6.15. The lowest BCUT2D eigenvalue weighted by Crippen LogP contribution is -2.38. The van der Waals surface area contributed by atoms with E-state index in [4.69, 9.17) is 14.0 Å². The molecule has 1 saturated heterocycles. The van der Waals surface area contributed by atoms with Crippen LogP contribution in [0.1, 0.15) is 6.42 Å². The largest absolute Gasteiger partial charge is 0.422 e. The molecule has 0 aromatic carbocycles. The summed E-state index contributed by atoms with van der Waals surface area (Å²) in [5.74, 6) is 0. The first kappa shape index (κ1) is 6.43. The highest BCUT2D eigenvalue weighted by Gasteiger charge is 2.20. The van der Waals surface area contributed by atoms with Crippen LogP contribution in [0.15, 0.2) is 0 Å². The Bertz CT molecular complexity index is 68.3. The lowest BCUT2D eigenvalue weighted by molar-refractivity contribution is 0.310. The molecule has 1 rings (SSSR count). The first-order chi connectivity index (χ1) is 3.93. The summed E-state index contributed by atoms with van der Waals surface area (Å²) in [5, 5.41) is 0.